The van der Waals surface area contributed by atoms with Gasteiger partial charge < -0.3 is 14.5 Å². The molecule has 2 amide bonds. The lowest BCUT2D eigenvalue weighted by molar-refractivity contribution is -0.142. The van der Waals surface area contributed by atoms with Crippen molar-refractivity contribution < 1.29 is 14.3 Å². The molecule has 31 heavy (non-hydrogen) atoms. The van der Waals surface area contributed by atoms with E-state index in [9.17, 15) is 9.59 Å². The quantitative estimate of drug-likeness (QED) is 0.658. The van der Waals surface area contributed by atoms with Crippen molar-refractivity contribution in [2.24, 2.45) is 0 Å². The topological polar surface area (TPSA) is 62.7 Å². The van der Waals surface area contributed by atoms with Crippen LogP contribution in [0.15, 0.2) is 60.8 Å². The minimum Gasteiger partial charge on any atom is -0.368 e. The van der Waals surface area contributed by atoms with Gasteiger partial charge in [-0.25, -0.2) is 0 Å². The number of hydrogen-bond acceptors (Lipinski definition) is 4. The molecule has 3 aromatic rings. The third kappa shape index (κ3) is 4.03. The molecule has 1 aromatic heterocycles. The van der Waals surface area contributed by atoms with Gasteiger partial charge in [-0.15, -0.1) is 0 Å². The van der Waals surface area contributed by atoms with Gasteiger partial charge in [0.15, 0.2) is 0 Å². The molecule has 2 saturated heterocycles. The number of carbonyl (C=O) groups is 2. The molecule has 1 atom stereocenters. The summed E-state index contributed by atoms with van der Waals surface area (Å²) >= 11 is 0. The molecule has 6 heteroatoms. The Morgan fingerprint density at radius 1 is 0.903 bits per heavy atom. The van der Waals surface area contributed by atoms with Gasteiger partial charge >= 0.3 is 0 Å². The number of piperazine rings is 1. The number of rotatable bonds is 3. The molecule has 0 bridgehead atoms. The second-order valence-corrected chi connectivity index (χ2v) is 8.11. The van der Waals surface area contributed by atoms with Gasteiger partial charge in [0.1, 0.15) is 6.10 Å². The summed E-state index contributed by atoms with van der Waals surface area (Å²) < 4.78 is 5.51. The van der Waals surface area contributed by atoms with Crippen LogP contribution in [0, 0.1) is 0 Å². The molecule has 1 unspecified atom stereocenters. The fourth-order valence-electron chi connectivity index (χ4n) is 4.32. The highest BCUT2D eigenvalue weighted by atomic mass is 16.5. The first-order valence-electron chi connectivity index (χ1n) is 10.8. The van der Waals surface area contributed by atoms with Crippen molar-refractivity contribution in [2.45, 2.75) is 18.9 Å². The summed E-state index contributed by atoms with van der Waals surface area (Å²) in [7, 11) is 0. The molecule has 0 N–H and O–H groups in total. The molecule has 2 aliphatic heterocycles. The van der Waals surface area contributed by atoms with E-state index in [1.165, 1.54) is 0 Å². The van der Waals surface area contributed by atoms with E-state index in [2.05, 4.69) is 11.1 Å². The maximum absolute atomic E-state index is 12.9. The van der Waals surface area contributed by atoms with E-state index in [1.54, 1.807) is 0 Å². The maximum atomic E-state index is 12.9. The van der Waals surface area contributed by atoms with Gasteiger partial charge in [-0.1, -0.05) is 30.3 Å². The number of fused-ring (bicyclic) bond motifs is 1. The Kier molecular flexibility index (Phi) is 5.38. The number of nitrogens with zero attached hydrogens (tertiary/aromatic N) is 3. The average Bonchev–Trinajstić information content (AvgIpc) is 3.38. The largest absolute Gasteiger partial charge is 0.368 e. The SMILES string of the molecule is O=C(c1ccc(-c2cnc3ccccc3c2)cc1)N1CCN(C(=O)C2CCCO2)CC1. The number of para-hydroxylation sites is 1. The third-order valence-corrected chi connectivity index (χ3v) is 6.14. The molecule has 0 radical (unpaired) electrons. The minimum atomic E-state index is -0.292. The lowest BCUT2D eigenvalue weighted by Crippen LogP contribution is -2.52. The van der Waals surface area contributed by atoms with Crippen molar-refractivity contribution in [3.05, 3.63) is 66.4 Å². The highest BCUT2D eigenvalue weighted by Gasteiger charge is 2.31. The summed E-state index contributed by atoms with van der Waals surface area (Å²) in [5.41, 5.74) is 3.69. The van der Waals surface area contributed by atoms with Crippen molar-refractivity contribution in [1.29, 1.82) is 0 Å². The maximum Gasteiger partial charge on any atom is 0.253 e. The zero-order chi connectivity index (χ0) is 21.2. The monoisotopic (exact) mass is 415 g/mol. The van der Waals surface area contributed by atoms with Crippen LogP contribution in [-0.2, 0) is 9.53 Å². The van der Waals surface area contributed by atoms with Crippen molar-refractivity contribution in [3.63, 3.8) is 0 Å². The van der Waals surface area contributed by atoms with E-state index in [1.807, 2.05) is 64.5 Å². The van der Waals surface area contributed by atoms with Crippen molar-refractivity contribution in [2.75, 3.05) is 32.8 Å². The summed E-state index contributed by atoms with van der Waals surface area (Å²) in [6, 6.07) is 17.8. The van der Waals surface area contributed by atoms with Crippen LogP contribution in [0.3, 0.4) is 0 Å². The van der Waals surface area contributed by atoms with Gasteiger partial charge in [-0.05, 0) is 42.7 Å². The molecule has 2 aliphatic rings. The Morgan fingerprint density at radius 2 is 1.65 bits per heavy atom. The first kappa shape index (κ1) is 19.7. The molecule has 6 nitrogen and oxygen atoms in total. The molecule has 0 saturated carbocycles. The Morgan fingerprint density at radius 3 is 2.39 bits per heavy atom. The fourth-order valence-corrected chi connectivity index (χ4v) is 4.32. The van der Waals surface area contributed by atoms with Crippen LogP contribution in [0.4, 0.5) is 0 Å². The van der Waals surface area contributed by atoms with E-state index < -0.39 is 0 Å². The van der Waals surface area contributed by atoms with Crippen molar-refractivity contribution in [3.8, 4) is 11.1 Å². The zero-order valence-electron chi connectivity index (χ0n) is 17.4. The Balaban J connectivity index is 1.23. The number of aromatic nitrogens is 1. The van der Waals surface area contributed by atoms with E-state index in [0.29, 0.717) is 38.3 Å². The number of carbonyl (C=O) groups excluding carboxylic acids is 2. The van der Waals surface area contributed by atoms with Crippen LogP contribution >= 0.6 is 0 Å². The fraction of sp³-hybridized carbons (Fsp3) is 0.320. The summed E-state index contributed by atoms with van der Waals surface area (Å²) in [5.74, 6) is 0.0744. The van der Waals surface area contributed by atoms with Crippen LogP contribution in [0.1, 0.15) is 23.2 Å². The van der Waals surface area contributed by atoms with E-state index in [-0.39, 0.29) is 17.9 Å². The van der Waals surface area contributed by atoms with Gasteiger partial charge in [-0.2, -0.15) is 0 Å². The lowest BCUT2D eigenvalue weighted by Gasteiger charge is -2.35. The first-order valence-corrected chi connectivity index (χ1v) is 10.8. The van der Waals surface area contributed by atoms with Crippen LogP contribution in [0.2, 0.25) is 0 Å². The summed E-state index contributed by atoms with van der Waals surface area (Å²) in [4.78, 5) is 33.6. The van der Waals surface area contributed by atoms with Gasteiger partial charge in [0.25, 0.3) is 11.8 Å². The van der Waals surface area contributed by atoms with Crippen molar-refractivity contribution in [1.82, 2.24) is 14.8 Å². The number of hydrogen-bond donors (Lipinski definition) is 0. The Bertz CT molecular complexity index is 1100. The predicted octanol–water partition coefficient (Wildman–Crippen LogP) is 3.37. The summed E-state index contributed by atoms with van der Waals surface area (Å²) in [6.45, 7) is 2.89. The van der Waals surface area contributed by atoms with Crippen LogP contribution in [0.25, 0.3) is 22.0 Å². The Hall–Kier alpha value is -3.25. The molecule has 2 aromatic carbocycles. The third-order valence-electron chi connectivity index (χ3n) is 6.14. The van der Waals surface area contributed by atoms with Crippen molar-refractivity contribution >= 4 is 22.7 Å². The molecular weight excluding hydrogens is 390 g/mol. The van der Waals surface area contributed by atoms with Crippen LogP contribution in [-0.4, -0.2) is 65.5 Å². The Labute approximate surface area is 181 Å². The van der Waals surface area contributed by atoms with E-state index >= 15 is 0 Å². The predicted molar refractivity (Wildman–Crippen MR) is 119 cm³/mol. The summed E-state index contributed by atoms with van der Waals surface area (Å²) in [6.07, 6.45) is 3.32. The van der Waals surface area contributed by atoms with Gasteiger partial charge in [0, 0.05) is 55.5 Å². The second-order valence-electron chi connectivity index (χ2n) is 8.11. The van der Waals surface area contributed by atoms with E-state index in [0.717, 1.165) is 34.9 Å². The van der Waals surface area contributed by atoms with E-state index in [4.69, 9.17) is 4.74 Å². The number of amides is 2. The van der Waals surface area contributed by atoms with Crippen LogP contribution < -0.4 is 0 Å². The molecule has 2 fully saturated rings. The molecular formula is C25H25N3O3. The minimum absolute atomic E-state index is 0.00685. The second kappa shape index (κ2) is 8.47. The molecule has 3 heterocycles. The molecule has 0 spiro atoms. The number of pyridine rings is 1. The number of benzene rings is 2. The highest BCUT2D eigenvalue weighted by molar-refractivity contribution is 5.95. The zero-order valence-corrected chi connectivity index (χ0v) is 17.4. The molecule has 158 valence electrons. The lowest BCUT2D eigenvalue weighted by atomic mass is 10.0. The van der Waals surface area contributed by atoms with Gasteiger partial charge in [0.2, 0.25) is 0 Å². The molecule has 5 rings (SSSR count). The highest BCUT2D eigenvalue weighted by Crippen LogP contribution is 2.24. The first-order chi connectivity index (χ1) is 15.2. The summed E-state index contributed by atoms with van der Waals surface area (Å²) in [5, 5.41) is 1.09. The normalized spacial score (nSPS) is 19.0. The van der Waals surface area contributed by atoms with Crippen LogP contribution in [0.5, 0.6) is 0 Å². The standard InChI is InChI=1S/C25H25N3O3/c29-24(27-11-13-28(14-12-27)25(30)23-6-3-15-31-23)19-9-7-18(8-10-19)21-16-20-4-1-2-5-22(20)26-17-21/h1-2,4-5,7-10,16-17,23H,3,6,11-15H2. The molecule has 0 aliphatic carbocycles. The van der Waals surface area contributed by atoms with Gasteiger partial charge in [-0.3, -0.25) is 14.6 Å². The van der Waals surface area contributed by atoms with Gasteiger partial charge in [0.05, 0.1) is 5.52 Å². The smallest absolute Gasteiger partial charge is 0.253 e. The number of ether oxygens (including phenoxy) is 1. The average molecular weight is 415 g/mol.